The summed E-state index contributed by atoms with van der Waals surface area (Å²) in [6.07, 6.45) is 5.24. The molecule has 1 unspecified atom stereocenters. The molecule has 0 spiro atoms. The first kappa shape index (κ1) is 19.6. The third kappa shape index (κ3) is 5.17. The second-order valence-electron chi connectivity index (χ2n) is 7.83. The van der Waals surface area contributed by atoms with Gasteiger partial charge in [-0.15, -0.1) is 0 Å². The van der Waals surface area contributed by atoms with Gasteiger partial charge in [0, 0.05) is 54.7 Å². The van der Waals surface area contributed by atoms with Gasteiger partial charge in [0.15, 0.2) is 0 Å². The number of hydrogen-bond acceptors (Lipinski definition) is 4. The number of aromatic nitrogens is 2. The molecule has 1 aliphatic heterocycles. The maximum atomic E-state index is 12.4. The minimum atomic E-state index is -0.235. The monoisotopic (exact) mass is 387 g/mol. The van der Waals surface area contributed by atoms with Crippen LogP contribution in [0.1, 0.15) is 37.9 Å². The molecule has 0 bridgehead atoms. The fraction of sp³-hybridized carbons (Fsp3) is 0.450. The van der Waals surface area contributed by atoms with Crippen LogP contribution in [0.5, 0.6) is 0 Å². The lowest BCUT2D eigenvalue weighted by Crippen LogP contribution is -2.55. The molecule has 6 nitrogen and oxygen atoms in total. The first-order valence-corrected chi connectivity index (χ1v) is 9.53. The molecule has 2 aromatic rings. The van der Waals surface area contributed by atoms with E-state index in [9.17, 15) is 4.79 Å². The molecule has 2 amide bonds. The third-order valence-electron chi connectivity index (χ3n) is 4.53. The van der Waals surface area contributed by atoms with Crippen molar-refractivity contribution in [1.82, 2.24) is 25.1 Å². The summed E-state index contributed by atoms with van der Waals surface area (Å²) >= 11 is 6.07. The highest BCUT2D eigenvalue weighted by Crippen LogP contribution is 2.29. The lowest BCUT2D eigenvalue weighted by atomic mass is 9.98. The summed E-state index contributed by atoms with van der Waals surface area (Å²) in [6.45, 7) is 8.90. The first-order chi connectivity index (χ1) is 12.8. The van der Waals surface area contributed by atoms with Crippen LogP contribution < -0.4 is 5.32 Å². The molecular weight excluding hydrogens is 362 g/mol. The van der Waals surface area contributed by atoms with E-state index < -0.39 is 0 Å². The van der Waals surface area contributed by atoms with Crippen LogP contribution in [0.25, 0.3) is 0 Å². The summed E-state index contributed by atoms with van der Waals surface area (Å²) in [4.78, 5) is 25.0. The summed E-state index contributed by atoms with van der Waals surface area (Å²) in [5, 5.41) is 3.75. The molecule has 1 aliphatic rings. The Labute approximate surface area is 165 Å². The third-order valence-corrected chi connectivity index (χ3v) is 4.78. The van der Waals surface area contributed by atoms with Gasteiger partial charge in [0.2, 0.25) is 0 Å². The summed E-state index contributed by atoms with van der Waals surface area (Å²) in [5.74, 6) is 0. The van der Waals surface area contributed by atoms with Crippen molar-refractivity contribution in [2.75, 3.05) is 26.2 Å². The van der Waals surface area contributed by atoms with Crippen molar-refractivity contribution >= 4 is 17.6 Å². The first-order valence-electron chi connectivity index (χ1n) is 9.15. The number of urea groups is 1. The molecule has 144 valence electrons. The number of rotatable bonds is 3. The number of nitrogens with one attached hydrogen (secondary N) is 1. The van der Waals surface area contributed by atoms with E-state index in [-0.39, 0.29) is 17.6 Å². The van der Waals surface area contributed by atoms with Gasteiger partial charge in [-0.25, -0.2) is 14.8 Å². The zero-order valence-electron chi connectivity index (χ0n) is 16.0. The van der Waals surface area contributed by atoms with Gasteiger partial charge in [-0.05, 0) is 38.5 Å². The van der Waals surface area contributed by atoms with Crippen LogP contribution in [0, 0.1) is 0 Å². The van der Waals surface area contributed by atoms with Crippen LogP contribution in [-0.4, -0.2) is 57.5 Å². The molecule has 1 aromatic heterocycles. The minimum Gasteiger partial charge on any atom is -0.333 e. The SMILES string of the molecule is CC(C)(C)NC(=O)N1CCN(C(c2ccc(Cl)cc2)c2cncnc2)CC1. The highest BCUT2D eigenvalue weighted by molar-refractivity contribution is 6.30. The standard InChI is InChI=1S/C20H26ClN5O/c1-20(2,3)24-19(27)26-10-8-25(9-11-26)18(16-12-22-14-23-13-16)15-4-6-17(21)7-5-15/h4-7,12-14,18H,8-11H2,1-3H3,(H,24,27). The van der Waals surface area contributed by atoms with Crippen molar-refractivity contribution in [3.05, 3.63) is 59.1 Å². The highest BCUT2D eigenvalue weighted by Gasteiger charge is 2.29. The fourth-order valence-corrected chi connectivity index (χ4v) is 3.42. The Morgan fingerprint density at radius 1 is 1.04 bits per heavy atom. The molecule has 1 N–H and O–H groups in total. The number of piperazine rings is 1. The fourth-order valence-electron chi connectivity index (χ4n) is 3.29. The average molecular weight is 388 g/mol. The summed E-state index contributed by atoms with van der Waals surface area (Å²) < 4.78 is 0. The molecule has 0 aliphatic carbocycles. The van der Waals surface area contributed by atoms with E-state index in [0.29, 0.717) is 18.1 Å². The number of nitrogens with zero attached hydrogens (tertiary/aromatic N) is 4. The van der Waals surface area contributed by atoms with Crippen molar-refractivity contribution in [3.8, 4) is 0 Å². The van der Waals surface area contributed by atoms with Crippen molar-refractivity contribution in [1.29, 1.82) is 0 Å². The number of carbonyl (C=O) groups excluding carboxylic acids is 1. The van der Waals surface area contributed by atoms with Gasteiger partial charge < -0.3 is 10.2 Å². The minimum absolute atomic E-state index is 0.00626. The van der Waals surface area contributed by atoms with Gasteiger partial charge in [-0.1, -0.05) is 23.7 Å². The largest absolute Gasteiger partial charge is 0.333 e. The zero-order chi connectivity index (χ0) is 19.4. The van der Waals surface area contributed by atoms with Crippen LogP contribution >= 0.6 is 11.6 Å². The Balaban J connectivity index is 1.75. The smallest absolute Gasteiger partial charge is 0.317 e. The highest BCUT2D eigenvalue weighted by atomic mass is 35.5. The summed E-state index contributed by atoms with van der Waals surface area (Å²) in [7, 11) is 0. The van der Waals surface area contributed by atoms with Gasteiger partial charge in [-0.3, -0.25) is 4.90 Å². The number of hydrogen-bond donors (Lipinski definition) is 1. The molecule has 1 aromatic carbocycles. The normalized spacial score (nSPS) is 16.8. The van der Waals surface area contributed by atoms with E-state index in [2.05, 4.69) is 20.2 Å². The van der Waals surface area contributed by atoms with Crippen LogP contribution in [-0.2, 0) is 0 Å². The quantitative estimate of drug-likeness (QED) is 0.877. The number of benzene rings is 1. The average Bonchev–Trinajstić information content (AvgIpc) is 2.64. The van der Waals surface area contributed by atoms with E-state index in [0.717, 1.165) is 24.2 Å². The van der Waals surface area contributed by atoms with E-state index in [1.165, 1.54) is 6.33 Å². The molecule has 27 heavy (non-hydrogen) atoms. The molecule has 2 heterocycles. The lowest BCUT2D eigenvalue weighted by Gasteiger charge is -2.40. The van der Waals surface area contributed by atoms with E-state index in [1.807, 2.05) is 62.3 Å². The van der Waals surface area contributed by atoms with Gasteiger partial charge in [0.25, 0.3) is 0 Å². The Bertz CT molecular complexity index is 752. The van der Waals surface area contributed by atoms with Crippen molar-refractivity contribution in [2.45, 2.75) is 32.4 Å². The molecular formula is C20H26ClN5O. The zero-order valence-corrected chi connectivity index (χ0v) is 16.8. The second kappa shape index (κ2) is 8.23. The number of halogens is 1. The van der Waals surface area contributed by atoms with Crippen LogP contribution in [0.2, 0.25) is 5.02 Å². The molecule has 7 heteroatoms. The van der Waals surface area contributed by atoms with E-state index in [1.54, 1.807) is 0 Å². The predicted molar refractivity (Wildman–Crippen MR) is 107 cm³/mol. The van der Waals surface area contributed by atoms with Gasteiger partial charge >= 0.3 is 6.03 Å². The molecule has 3 rings (SSSR count). The van der Waals surface area contributed by atoms with Crippen molar-refractivity contribution < 1.29 is 4.79 Å². The summed E-state index contributed by atoms with van der Waals surface area (Å²) in [6, 6.07) is 7.92. The van der Waals surface area contributed by atoms with Crippen LogP contribution in [0.15, 0.2) is 43.0 Å². The number of carbonyl (C=O) groups is 1. The molecule has 0 saturated carbocycles. The molecule has 1 atom stereocenters. The van der Waals surface area contributed by atoms with Gasteiger partial charge in [0.05, 0.1) is 6.04 Å². The predicted octanol–water partition coefficient (Wildman–Crippen LogP) is 3.35. The molecule has 0 radical (unpaired) electrons. The maximum Gasteiger partial charge on any atom is 0.317 e. The number of amides is 2. The Morgan fingerprint density at radius 2 is 1.63 bits per heavy atom. The van der Waals surface area contributed by atoms with Gasteiger partial charge in [0.1, 0.15) is 6.33 Å². The van der Waals surface area contributed by atoms with Crippen LogP contribution in [0.4, 0.5) is 4.79 Å². The maximum absolute atomic E-state index is 12.4. The van der Waals surface area contributed by atoms with Crippen molar-refractivity contribution in [2.24, 2.45) is 0 Å². The van der Waals surface area contributed by atoms with Gasteiger partial charge in [-0.2, -0.15) is 0 Å². The molecule has 1 fully saturated rings. The molecule has 1 saturated heterocycles. The topological polar surface area (TPSA) is 61.4 Å². The Kier molecular flexibility index (Phi) is 5.97. The second-order valence-corrected chi connectivity index (χ2v) is 8.27. The van der Waals surface area contributed by atoms with Crippen LogP contribution in [0.3, 0.4) is 0 Å². The Hall–Kier alpha value is -2.18. The lowest BCUT2D eigenvalue weighted by molar-refractivity contribution is 0.116. The van der Waals surface area contributed by atoms with E-state index in [4.69, 9.17) is 11.6 Å². The van der Waals surface area contributed by atoms with Crippen molar-refractivity contribution in [3.63, 3.8) is 0 Å². The van der Waals surface area contributed by atoms with E-state index >= 15 is 0 Å². The Morgan fingerprint density at radius 3 is 2.19 bits per heavy atom. The summed E-state index contributed by atoms with van der Waals surface area (Å²) in [5.41, 5.74) is 1.94.